The Labute approximate surface area is 126 Å². The summed E-state index contributed by atoms with van der Waals surface area (Å²) >= 11 is 11.8. The second-order valence-electron chi connectivity index (χ2n) is 4.17. The van der Waals surface area contributed by atoms with Crippen LogP contribution in [0.2, 0.25) is 10.0 Å². The summed E-state index contributed by atoms with van der Waals surface area (Å²) in [4.78, 5) is 10.5. The van der Waals surface area contributed by atoms with Crippen LogP contribution in [0.5, 0.6) is 5.75 Å². The highest BCUT2D eigenvalue weighted by molar-refractivity contribution is 6.37. The summed E-state index contributed by atoms with van der Waals surface area (Å²) in [6.45, 7) is 1.52. The number of hydrogen-bond acceptors (Lipinski definition) is 3. The van der Waals surface area contributed by atoms with Gasteiger partial charge in [0, 0.05) is 10.6 Å². The predicted octanol–water partition coefficient (Wildman–Crippen LogP) is 4.66. The molecule has 0 amide bonds. The zero-order valence-corrected chi connectivity index (χ0v) is 11.8. The standard InChI is InChI=1S/C12H7Cl2F3O4/c1-4-6(13)2-5-3-7(20-11(18)19)10(12(15,16)17)21-9(5)8(4)14/h2-3,10H,1H3,(H,18,19). The van der Waals surface area contributed by atoms with E-state index in [0.717, 1.165) is 6.08 Å². The molecule has 0 saturated carbocycles. The van der Waals surface area contributed by atoms with Gasteiger partial charge in [-0.1, -0.05) is 23.2 Å². The molecule has 1 heterocycles. The number of ether oxygens (including phenoxy) is 2. The van der Waals surface area contributed by atoms with Crippen molar-refractivity contribution in [3.05, 3.63) is 33.0 Å². The number of alkyl halides is 3. The monoisotopic (exact) mass is 342 g/mol. The highest BCUT2D eigenvalue weighted by atomic mass is 35.5. The highest BCUT2D eigenvalue weighted by Gasteiger charge is 2.48. The van der Waals surface area contributed by atoms with E-state index in [1.807, 2.05) is 0 Å². The molecule has 1 unspecified atom stereocenters. The van der Waals surface area contributed by atoms with Gasteiger partial charge in [0.2, 0.25) is 0 Å². The molecule has 1 aromatic rings. The van der Waals surface area contributed by atoms with Crippen molar-refractivity contribution < 1.29 is 32.5 Å². The van der Waals surface area contributed by atoms with Crippen molar-refractivity contribution in [1.82, 2.24) is 0 Å². The molecule has 4 nitrogen and oxygen atoms in total. The number of fused-ring (bicyclic) bond motifs is 1. The third kappa shape index (κ3) is 3.03. The molecular formula is C12H7Cl2F3O4. The lowest BCUT2D eigenvalue weighted by Gasteiger charge is -2.28. The zero-order valence-electron chi connectivity index (χ0n) is 10.3. The Morgan fingerprint density at radius 3 is 2.57 bits per heavy atom. The van der Waals surface area contributed by atoms with Gasteiger partial charge in [0.05, 0.1) is 5.02 Å². The van der Waals surface area contributed by atoms with Crippen molar-refractivity contribution in [1.29, 1.82) is 0 Å². The third-order valence-electron chi connectivity index (χ3n) is 2.73. The number of rotatable bonds is 1. The lowest BCUT2D eigenvalue weighted by molar-refractivity contribution is -0.191. The van der Waals surface area contributed by atoms with E-state index in [1.165, 1.54) is 13.0 Å². The molecule has 1 aliphatic rings. The molecular weight excluding hydrogens is 336 g/mol. The maximum Gasteiger partial charge on any atom is 0.511 e. The van der Waals surface area contributed by atoms with Crippen LogP contribution in [0, 0.1) is 6.92 Å². The number of hydrogen-bond donors (Lipinski definition) is 1. The third-order valence-corrected chi connectivity index (χ3v) is 3.57. The fourth-order valence-corrected chi connectivity index (χ4v) is 2.27. The fraction of sp³-hybridized carbons (Fsp3) is 0.250. The van der Waals surface area contributed by atoms with Gasteiger partial charge < -0.3 is 14.6 Å². The van der Waals surface area contributed by atoms with E-state index in [1.54, 1.807) is 0 Å². The maximum absolute atomic E-state index is 12.9. The van der Waals surface area contributed by atoms with E-state index < -0.39 is 24.2 Å². The molecule has 1 aromatic carbocycles. The summed E-state index contributed by atoms with van der Waals surface area (Å²) in [5.74, 6) is -1.13. The lowest BCUT2D eigenvalue weighted by atomic mass is 10.1. The molecule has 0 aliphatic carbocycles. The topological polar surface area (TPSA) is 55.8 Å². The van der Waals surface area contributed by atoms with E-state index in [-0.39, 0.29) is 21.4 Å². The average molecular weight is 343 g/mol. The molecule has 0 bridgehead atoms. The molecule has 0 aromatic heterocycles. The zero-order chi connectivity index (χ0) is 15.9. The first-order valence-electron chi connectivity index (χ1n) is 5.45. The van der Waals surface area contributed by atoms with E-state index in [4.69, 9.17) is 33.0 Å². The summed E-state index contributed by atoms with van der Waals surface area (Å²) < 4.78 is 47.8. The van der Waals surface area contributed by atoms with Gasteiger partial charge in [-0.3, -0.25) is 0 Å². The minimum absolute atomic E-state index is 0.0719. The quantitative estimate of drug-likeness (QED) is 0.754. The van der Waals surface area contributed by atoms with Crippen LogP contribution >= 0.6 is 23.2 Å². The van der Waals surface area contributed by atoms with Gasteiger partial charge in [0.15, 0.2) is 5.76 Å². The van der Waals surface area contributed by atoms with E-state index >= 15 is 0 Å². The SMILES string of the molecule is Cc1c(Cl)cc2c(c1Cl)OC(C(F)(F)F)C(OC(=O)O)=C2. The number of benzene rings is 1. The van der Waals surface area contributed by atoms with E-state index in [9.17, 15) is 18.0 Å². The molecule has 21 heavy (non-hydrogen) atoms. The molecule has 1 N–H and O–H groups in total. The number of carboxylic acid groups (broad SMARTS) is 1. The van der Waals surface area contributed by atoms with Crippen LogP contribution in [-0.4, -0.2) is 23.5 Å². The van der Waals surface area contributed by atoms with Gasteiger partial charge in [-0.2, -0.15) is 13.2 Å². The second kappa shape index (κ2) is 5.31. The lowest BCUT2D eigenvalue weighted by Crippen LogP contribution is -2.39. The normalized spacial score (nSPS) is 17.6. The number of halogens is 5. The molecule has 0 fully saturated rings. The first-order valence-corrected chi connectivity index (χ1v) is 6.21. The van der Waals surface area contributed by atoms with Gasteiger partial charge >= 0.3 is 12.3 Å². The van der Waals surface area contributed by atoms with Crippen LogP contribution in [0.4, 0.5) is 18.0 Å². The Balaban J connectivity index is 2.59. The first-order chi connectivity index (χ1) is 9.61. The fourth-order valence-electron chi connectivity index (χ4n) is 1.76. The summed E-state index contributed by atoms with van der Waals surface area (Å²) in [6, 6.07) is 1.32. The molecule has 0 spiro atoms. The van der Waals surface area contributed by atoms with Gasteiger partial charge in [0.25, 0.3) is 6.10 Å². The van der Waals surface area contributed by atoms with Crippen molar-refractivity contribution in [2.75, 3.05) is 0 Å². The molecule has 1 aliphatic heterocycles. The van der Waals surface area contributed by atoms with Crippen molar-refractivity contribution >= 4 is 35.4 Å². The molecule has 2 rings (SSSR count). The van der Waals surface area contributed by atoms with Crippen LogP contribution in [-0.2, 0) is 4.74 Å². The van der Waals surface area contributed by atoms with Crippen LogP contribution in [0.25, 0.3) is 6.08 Å². The molecule has 114 valence electrons. The summed E-state index contributed by atoms with van der Waals surface area (Å²) in [7, 11) is 0. The predicted molar refractivity (Wildman–Crippen MR) is 68.8 cm³/mol. The van der Waals surface area contributed by atoms with Gasteiger partial charge in [-0.05, 0) is 24.6 Å². The largest absolute Gasteiger partial charge is 0.511 e. The minimum atomic E-state index is -4.87. The average Bonchev–Trinajstić information content (AvgIpc) is 2.33. The summed E-state index contributed by atoms with van der Waals surface area (Å²) in [6.07, 6.45) is -8.41. The van der Waals surface area contributed by atoms with Crippen molar-refractivity contribution in [2.45, 2.75) is 19.2 Å². The van der Waals surface area contributed by atoms with Gasteiger partial charge in [0.1, 0.15) is 5.75 Å². The minimum Gasteiger partial charge on any atom is -0.471 e. The van der Waals surface area contributed by atoms with Crippen molar-refractivity contribution in [3.63, 3.8) is 0 Å². The molecule has 0 saturated heterocycles. The Kier molecular flexibility index (Phi) is 3.99. The van der Waals surface area contributed by atoms with Crippen molar-refractivity contribution in [3.8, 4) is 5.75 Å². The molecule has 0 radical (unpaired) electrons. The Hall–Kier alpha value is -1.60. The molecule has 9 heteroatoms. The van der Waals surface area contributed by atoms with E-state index in [0.29, 0.717) is 5.56 Å². The molecule has 1 atom stereocenters. The van der Waals surface area contributed by atoms with Crippen LogP contribution in [0.3, 0.4) is 0 Å². The van der Waals surface area contributed by atoms with Crippen molar-refractivity contribution in [2.24, 2.45) is 0 Å². The van der Waals surface area contributed by atoms with Crippen LogP contribution in [0.1, 0.15) is 11.1 Å². The van der Waals surface area contributed by atoms with Gasteiger partial charge in [-0.15, -0.1) is 0 Å². The van der Waals surface area contributed by atoms with Crippen LogP contribution in [0.15, 0.2) is 11.8 Å². The Morgan fingerprint density at radius 1 is 1.43 bits per heavy atom. The summed E-state index contributed by atoms with van der Waals surface area (Å²) in [5.41, 5.74) is 0.460. The number of carbonyl (C=O) groups is 1. The van der Waals surface area contributed by atoms with Crippen LogP contribution < -0.4 is 4.74 Å². The first kappa shape index (κ1) is 15.8. The Bertz CT molecular complexity index is 640. The van der Waals surface area contributed by atoms with E-state index in [2.05, 4.69) is 4.74 Å². The summed E-state index contributed by atoms with van der Waals surface area (Å²) in [5, 5.41) is 8.65. The Morgan fingerprint density at radius 2 is 2.05 bits per heavy atom. The maximum atomic E-state index is 12.9. The van der Waals surface area contributed by atoms with Gasteiger partial charge in [-0.25, -0.2) is 4.79 Å². The second-order valence-corrected chi connectivity index (χ2v) is 4.96. The smallest absolute Gasteiger partial charge is 0.471 e. The highest BCUT2D eigenvalue weighted by Crippen LogP contribution is 2.44.